The zero-order valence-electron chi connectivity index (χ0n) is 10.5. The molecular weight excluding hydrogens is 348 g/mol. The van der Waals surface area contributed by atoms with Crippen molar-refractivity contribution in [1.29, 1.82) is 0 Å². The molecule has 2 rings (SSSR count). The normalized spacial score (nSPS) is 10.5. The van der Waals surface area contributed by atoms with Crippen LogP contribution in [0.1, 0.15) is 17.4 Å². The Morgan fingerprint density at radius 1 is 1.26 bits per heavy atom. The highest BCUT2D eigenvalue weighted by molar-refractivity contribution is 9.10. The van der Waals surface area contributed by atoms with Crippen LogP contribution >= 0.6 is 38.9 Å². The molecule has 0 bridgehead atoms. The van der Waals surface area contributed by atoms with Crippen LogP contribution in [-0.2, 0) is 12.5 Å². The fourth-order valence-corrected chi connectivity index (χ4v) is 3.25. The number of alkyl halides is 1. The maximum atomic E-state index is 5.95. The minimum atomic E-state index is 0.405. The lowest BCUT2D eigenvalue weighted by atomic mass is 10.2. The summed E-state index contributed by atoms with van der Waals surface area (Å²) in [6.45, 7) is 3.06. The zero-order chi connectivity index (χ0) is 13.7. The molecule has 0 aliphatic carbocycles. The Morgan fingerprint density at radius 2 is 2.11 bits per heavy atom. The molecule has 19 heavy (non-hydrogen) atoms. The predicted molar refractivity (Wildman–Crippen MR) is 83.5 cm³/mol. The molecule has 0 aliphatic rings. The molecule has 0 amide bonds. The summed E-state index contributed by atoms with van der Waals surface area (Å²) in [5.74, 6) is 1.88. The van der Waals surface area contributed by atoms with E-state index in [9.17, 15) is 0 Å². The number of hydrogen-bond acceptors (Lipinski definition) is 3. The molecule has 2 nitrogen and oxygen atoms in total. The minimum absolute atomic E-state index is 0.405. The number of rotatable bonds is 6. The van der Waals surface area contributed by atoms with Crippen LogP contribution in [0.4, 0.5) is 0 Å². The molecule has 102 valence electrons. The number of thiophene rings is 1. The first-order valence-electron chi connectivity index (χ1n) is 5.91. The van der Waals surface area contributed by atoms with Gasteiger partial charge in [-0.3, -0.25) is 0 Å². The van der Waals surface area contributed by atoms with Gasteiger partial charge in [-0.05, 0) is 40.4 Å². The molecule has 1 heterocycles. The van der Waals surface area contributed by atoms with E-state index in [1.54, 1.807) is 11.3 Å². The molecule has 2 aromatic rings. The molecule has 0 N–H and O–H groups in total. The van der Waals surface area contributed by atoms with Crippen LogP contribution in [0.15, 0.2) is 34.1 Å². The summed E-state index contributed by atoms with van der Waals surface area (Å²) in [6.07, 6.45) is 0. The first-order chi connectivity index (χ1) is 9.26. The molecule has 0 saturated heterocycles. The predicted octanol–water partition coefficient (Wildman–Crippen LogP) is 5.23. The van der Waals surface area contributed by atoms with Crippen LogP contribution in [0.2, 0.25) is 0 Å². The van der Waals surface area contributed by atoms with Crippen LogP contribution in [0.25, 0.3) is 0 Å². The maximum absolute atomic E-state index is 5.95. The van der Waals surface area contributed by atoms with E-state index in [1.807, 2.05) is 36.6 Å². The Bertz CT molecular complexity index is 542. The molecule has 0 fully saturated rings. The lowest BCUT2D eigenvalue weighted by Gasteiger charge is -2.14. The Morgan fingerprint density at radius 3 is 2.74 bits per heavy atom. The second-order valence-corrected chi connectivity index (χ2v) is 5.91. The van der Waals surface area contributed by atoms with Crippen LogP contribution in [-0.4, -0.2) is 6.61 Å². The van der Waals surface area contributed by atoms with Crippen molar-refractivity contribution in [2.75, 3.05) is 6.61 Å². The largest absolute Gasteiger partial charge is 0.490 e. The first-order valence-corrected chi connectivity index (χ1v) is 8.12. The van der Waals surface area contributed by atoms with Crippen molar-refractivity contribution in [3.05, 3.63) is 44.6 Å². The van der Waals surface area contributed by atoms with Crippen molar-refractivity contribution in [1.82, 2.24) is 0 Å². The zero-order valence-corrected chi connectivity index (χ0v) is 13.6. The fourth-order valence-electron chi connectivity index (χ4n) is 1.67. The van der Waals surface area contributed by atoms with Crippen molar-refractivity contribution in [3.8, 4) is 11.5 Å². The van der Waals surface area contributed by atoms with Crippen molar-refractivity contribution in [2.24, 2.45) is 0 Å². The second kappa shape index (κ2) is 7.17. The van der Waals surface area contributed by atoms with E-state index >= 15 is 0 Å². The fraction of sp³-hybridized carbons (Fsp3) is 0.286. The molecule has 0 atom stereocenters. The third-order valence-corrected chi connectivity index (χ3v) is 4.73. The summed E-state index contributed by atoms with van der Waals surface area (Å²) in [4.78, 5) is 1.15. The Hall–Kier alpha value is -0.710. The Balaban J connectivity index is 2.20. The van der Waals surface area contributed by atoms with Gasteiger partial charge in [0.1, 0.15) is 6.61 Å². The lowest BCUT2D eigenvalue weighted by Crippen LogP contribution is -2.01. The SMILES string of the molecule is CCOc1cccc(CCl)c1OCc1sccc1Br. The molecular formula is C14H14BrClO2S. The van der Waals surface area contributed by atoms with Gasteiger partial charge in [0.25, 0.3) is 0 Å². The average molecular weight is 362 g/mol. The summed E-state index contributed by atoms with van der Waals surface area (Å²) in [6, 6.07) is 7.80. The minimum Gasteiger partial charge on any atom is -0.490 e. The van der Waals surface area contributed by atoms with Gasteiger partial charge in [0.15, 0.2) is 11.5 Å². The van der Waals surface area contributed by atoms with Crippen LogP contribution in [0, 0.1) is 0 Å². The van der Waals surface area contributed by atoms with Crippen LogP contribution in [0.3, 0.4) is 0 Å². The number of halogens is 2. The van der Waals surface area contributed by atoms with Gasteiger partial charge in [0, 0.05) is 10.0 Å². The topological polar surface area (TPSA) is 18.5 Å². The van der Waals surface area contributed by atoms with Gasteiger partial charge in [0.05, 0.1) is 17.4 Å². The summed E-state index contributed by atoms with van der Waals surface area (Å²) < 4.78 is 12.6. The van der Waals surface area contributed by atoms with Gasteiger partial charge in [-0.2, -0.15) is 0 Å². The summed E-state index contributed by atoms with van der Waals surface area (Å²) in [5.41, 5.74) is 0.945. The van der Waals surface area contributed by atoms with E-state index < -0.39 is 0 Å². The molecule has 0 radical (unpaired) electrons. The van der Waals surface area contributed by atoms with E-state index in [0.717, 1.165) is 26.4 Å². The summed E-state index contributed by atoms with van der Waals surface area (Å²) in [7, 11) is 0. The Labute approximate surface area is 130 Å². The van der Waals surface area contributed by atoms with E-state index in [0.29, 0.717) is 19.1 Å². The number of para-hydroxylation sites is 1. The van der Waals surface area contributed by atoms with E-state index in [-0.39, 0.29) is 0 Å². The van der Waals surface area contributed by atoms with Gasteiger partial charge < -0.3 is 9.47 Å². The molecule has 5 heteroatoms. The Kier molecular flexibility index (Phi) is 5.55. The highest BCUT2D eigenvalue weighted by Crippen LogP contribution is 2.34. The van der Waals surface area contributed by atoms with E-state index in [2.05, 4.69) is 15.9 Å². The summed E-state index contributed by atoms with van der Waals surface area (Å²) in [5, 5.41) is 2.03. The highest BCUT2D eigenvalue weighted by Gasteiger charge is 2.11. The average Bonchev–Trinajstić information content (AvgIpc) is 2.83. The van der Waals surface area contributed by atoms with E-state index in [1.165, 1.54) is 0 Å². The lowest BCUT2D eigenvalue weighted by molar-refractivity contribution is 0.269. The van der Waals surface area contributed by atoms with Gasteiger partial charge >= 0.3 is 0 Å². The number of hydrogen-bond donors (Lipinski definition) is 0. The van der Waals surface area contributed by atoms with E-state index in [4.69, 9.17) is 21.1 Å². The summed E-state index contributed by atoms with van der Waals surface area (Å²) >= 11 is 11.1. The van der Waals surface area contributed by atoms with Crippen molar-refractivity contribution < 1.29 is 9.47 Å². The van der Waals surface area contributed by atoms with Crippen molar-refractivity contribution in [3.63, 3.8) is 0 Å². The quantitative estimate of drug-likeness (QED) is 0.656. The number of ether oxygens (including phenoxy) is 2. The van der Waals surface area contributed by atoms with Crippen molar-refractivity contribution in [2.45, 2.75) is 19.4 Å². The molecule has 0 aliphatic heterocycles. The van der Waals surface area contributed by atoms with Gasteiger partial charge in [-0.25, -0.2) is 0 Å². The monoisotopic (exact) mass is 360 g/mol. The number of benzene rings is 1. The highest BCUT2D eigenvalue weighted by atomic mass is 79.9. The van der Waals surface area contributed by atoms with Gasteiger partial charge in [-0.1, -0.05) is 12.1 Å². The molecule has 1 aromatic carbocycles. The second-order valence-electron chi connectivity index (χ2n) is 3.79. The smallest absolute Gasteiger partial charge is 0.166 e. The van der Waals surface area contributed by atoms with Crippen LogP contribution in [0.5, 0.6) is 11.5 Å². The van der Waals surface area contributed by atoms with Gasteiger partial charge in [0.2, 0.25) is 0 Å². The molecule has 1 aromatic heterocycles. The van der Waals surface area contributed by atoms with Crippen LogP contribution < -0.4 is 9.47 Å². The molecule has 0 saturated carbocycles. The maximum Gasteiger partial charge on any atom is 0.166 e. The third-order valence-electron chi connectivity index (χ3n) is 2.54. The van der Waals surface area contributed by atoms with Gasteiger partial charge in [-0.15, -0.1) is 22.9 Å². The third kappa shape index (κ3) is 3.65. The molecule has 0 unspecified atom stereocenters. The molecule has 0 spiro atoms. The van der Waals surface area contributed by atoms with Crippen molar-refractivity contribution >= 4 is 38.9 Å². The standard InChI is InChI=1S/C14H14BrClO2S/c1-2-17-12-5-3-4-10(8-16)14(12)18-9-13-11(15)6-7-19-13/h3-7H,2,8-9H2,1H3. The first kappa shape index (κ1) is 14.7.